The summed E-state index contributed by atoms with van der Waals surface area (Å²) < 4.78 is 1.36. The molecule has 0 aliphatic carbocycles. The third kappa shape index (κ3) is 3.11. The van der Waals surface area contributed by atoms with Gasteiger partial charge >= 0.3 is 0 Å². The number of hydrogen-bond donors (Lipinski definition) is 1. The molecule has 1 aliphatic rings. The first-order valence-corrected chi connectivity index (χ1v) is 8.47. The van der Waals surface area contributed by atoms with E-state index in [9.17, 15) is 4.79 Å². The largest absolute Gasteiger partial charge is 0.343 e. The molecule has 0 saturated carbocycles. The third-order valence-electron chi connectivity index (χ3n) is 4.47. The molecule has 1 aliphatic heterocycles. The molecule has 2 heterocycles. The van der Waals surface area contributed by atoms with Crippen LogP contribution in [0.15, 0.2) is 29.6 Å². The van der Waals surface area contributed by atoms with E-state index in [2.05, 4.69) is 41.9 Å². The molecule has 0 unspecified atom stereocenters. The van der Waals surface area contributed by atoms with Crippen LogP contribution < -0.4 is 5.32 Å². The summed E-state index contributed by atoms with van der Waals surface area (Å²) >= 11 is 1.81. The van der Waals surface area contributed by atoms with E-state index in [0.29, 0.717) is 12.0 Å². The van der Waals surface area contributed by atoms with Gasteiger partial charge in [-0.2, -0.15) is 0 Å². The van der Waals surface area contributed by atoms with Gasteiger partial charge in [-0.1, -0.05) is 25.1 Å². The number of thiophene rings is 1. The maximum absolute atomic E-state index is 11.4. The molecule has 3 nitrogen and oxygen atoms in total. The van der Waals surface area contributed by atoms with E-state index in [0.717, 1.165) is 26.1 Å². The average Bonchev–Trinajstić information content (AvgIpc) is 2.89. The van der Waals surface area contributed by atoms with Gasteiger partial charge in [0.15, 0.2) is 0 Å². The van der Waals surface area contributed by atoms with Crippen molar-refractivity contribution in [2.75, 3.05) is 13.1 Å². The highest BCUT2D eigenvalue weighted by Gasteiger charge is 2.26. The lowest BCUT2D eigenvalue weighted by atomic mass is 9.93. The molecule has 1 amide bonds. The minimum Gasteiger partial charge on any atom is -0.343 e. The van der Waals surface area contributed by atoms with Crippen molar-refractivity contribution in [3.8, 4) is 0 Å². The molecule has 0 radical (unpaired) electrons. The maximum Gasteiger partial charge on any atom is 0.219 e. The zero-order valence-corrected chi connectivity index (χ0v) is 13.5. The third-order valence-corrected chi connectivity index (χ3v) is 5.48. The van der Waals surface area contributed by atoms with Crippen molar-refractivity contribution in [2.24, 2.45) is 5.92 Å². The average molecular weight is 302 g/mol. The van der Waals surface area contributed by atoms with Gasteiger partial charge in [-0.15, -0.1) is 11.3 Å². The number of piperidine rings is 1. The number of fused-ring (bicyclic) bond motifs is 1. The second-order valence-corrected chi connectivity index (χ2v) is 6.89. The number of carbonyl (C=O) groups is 1. The summed E-state index contributed by atoms with van der Waals surface area (Å²) in [5, 5.41) is 7.32. The Morgan fingerprint density at radius 3 is 3.00 bits per heavy atom. The number of likely N-dealkylation sites (tertiary alicyclic amines) is 1. The van der Waals surface area contributed by atoms with Crippen molar-refractivity contribution >= 4 is 27.3 Å². The molecule has 1 saturated heterocycles. The smallest absolute Gasteiger partial charge is 0.219 e. The Hall–Kier alpha value is -1.39. The molecule has 1 aromatic heterocycles. The van der Waals surface area contributed by atoms with E-state index in [-0.39, 0.29) is 5.91 Å². The topological polar surface area (TPSA) is 32.3 Å². The van der Waals surface area contributed by atoms with Crippen molar-refractivity contribution in [3.63, 3.8) is 0 Å². The highest BCUT2D eigenvalue weighted by atomic mass is 32.1. The fourth-order valence-corrected chi connectivity index (χ4v) is 4.11. The van der Waals surface area contributed by atoms with Gasteiger partial charge in [0.05, 0.1) is 0 Å². The predicted molar refractivity (Wildman–Crippen MR) is 88.5 cm³/mol. The Balaban J connectivity index is 1.62. The quantitative estimate of drug-likeness (QED) is 0.944. The Morgan fingerprint density at radius 2 is 2.24 bits per heavy atom. The van der Waals surface area contributed by atoms with Crippen LogP contribution in [0.1, 0.15) is 25.8 Å². The normalized spacial score (nSPS) is 22.7. The molecule has 1 N–H and O–H groups in total. The monoisotopic (exact) mass is 302 g/mol. The lowest BCUT2D eigenvalue weighted by Gasteiger charge is -2.37. The van der Waals surface area contributed by atoms with Crippen LogP contribution in [0.3, 0.4) is 0 Å². The number of rotatable bonds is 3. The molecule has 0 bridgehead atoms. The summed E-state index contributed by atoms with van der Waals surface area (Å²) in [6.45, 7) is 6.56. The molecule has 2 atom stereocenters. The number of nitrogens with one attached hydrogen (secondary N) is 1. The second-order valence-electron chi connectivity index (χ2n) is 5.98. The minimum absolute atomic E-state index is 0.198. The van der Waals surface area contributed by atoms with Gasteiger partial charge in [0.2, 0.25) is 5.91 Å². The van der Waals surface area contributed by atoms with Crippen molar-refractivity contribution in [3.05, 3.63) is 35.2 Å². The molecular formula is C17H22N2OS. The fourth-order valence-electron chi connectivity index (χ4n) is 3.15. The van der Waals surface area contributed by atoms with Crippen molar-refractivity contribution in [2.45, 2.75) is 32.9 Å². The van der Waals surface area contributed by atoms with Gasteiger partial charge in [-0.25, -0.2) is 0 Å². The Morgan fingerprint density at radius 1 is 1.43 bits per heavy atom. The first-order chi connectivity index (χ1) is 10.1. The number of carbonyl (C=O) groups excluding carboxylic acids is 1. The van der Waals surface area contributed by atoms with Crippen molar-refractivity contribution in [1.29, 1.82) is 0 Å². The van der Waals surface area contributed by atoms with Gasteiger partial charge in [-0.3, -0.25) is 4.79 Å². The molecule has 1 fully saturated rings. The van der Waals surface area contributed by atoms with Gasteiger partial charge < -0.3 is 10.2 Å². The Bertz CT molecular complexity index is 637. The SMILES string of the molecule is CC(=O)N1CC[C@H](NCc2csc3ccccc23)[C@@H](C)C1. The standard InChI is InChI=1S/C17H22N2OS/c1-12-10-19(13(2)20)8-7-16(12)18-9-14-11-21-17-6-4-3-5-15(14)17/h3-6,11-12,16,18H,7-10H2,1-2H3/t12-,16-/m0/s1. The first kappa shape index (κ1) is 14.5. The second kappa shape index (κ2) is 6.16. The van der Waals surface area contributed by atoms with E-state index in [1.807, 2.05) is 16.2 Å². The summed E-state index contributed by atoms with van der Waals surface area (Å²) in [5.41, 5.74) is 1.39. The molecule has 1 aromatic carbocycles. The van der Waals surface area contributed by atoms with E-state index >= 15 is 0 Å². The predicted octanol–water partition coefficient (Wildman–Crippen LogP) is 3.25. The van der Waals surface area contributed by atoms with E-state index in [1.54, 1.807) is 6.92 Å². The highest BCUT2D eigenvalue weighted by Crippen LogP contribution is 2.26. The fraction of sp³-hybridized carbons (Fsp3) is 0.471. The van der Waals surface area contributed by atoms with Crippen LogP contribution >= 0.6 is 11.3 Å². The highest BCUT2D eigenvalue weighted by molar-refractivity contribution is 7.17. The number of hydrogen-bond acceptors (Lipinski definition) is 3. The molecule has 2 aromatic rings. The molecule has 21 heavy (non-hydrogen) atoms. The maximum atomic E-state index is 11.4. The van der Waals surface area contributed by atoms with Crippen LogP contribution in [0.2, 0.25) is 0 Å². The zero-order valence-electron chi connectivity index (χ0n) is 12.6. The van der Waals surface area contributed by atoms with Crippen LogP contribution in [-0.2, 0) is 11.3 Å². The van der Waals surface area contributed by atoms with E-state index in [4.69, 9.17) is 0 Å². The van der Waals surface area contributed by atoms with Crippen LogP contribution in [0, 0.1) is 5.92 Å². The van der Waals surface area contributed by atoms with Gasteiger partial charge in [0.25, 0.3) is 0 Å². The van der Waals surface area contributed by atoms with Crippen LogP contribution in [-0.4, -0.2) is 29.9 Å². The summed E-state index contributed by atoms with van der Waals surface area (Å²) in [4.78, 5) is 13.4. The first-order valence-electron chi connectivity index (χ1n) is 7.59. The van der Waals surface area contributed by atoms with Gasteiger partial charge in [-0.05, 0) is 34.7 Å². The Kier molecular flexibility index (Phi) is 4.27. The number of nitrogens with zero attached hydrogens (tertiary/aromatic N) is 1. The molecular weight excluding hydrogens is 280 g/mol. The van der Waals surface area contributed by atoms with Gasteiger partial charge in [0.1, 0.15) is 0 Å². The molecule has 0 spiro atoms. The zero-order chi connectivity index (χ0) is 14.8. The summed E-state index contributed by atoms with van der Waals surface area (Å²) in [7, 11) is 0. The van der Waals surface area contributed by atoms with Crippen LogP contribution in [0.25, 0.3) is 10.1 Å². The van der Waals surface area contributed by atoms with Crippen molar-refractivity contribution in [1.82, 2.24) is 10.2 Å². The molecule has 112 valence electrons. The van der Waals surface area contributed by atoms with Crippen LogP contribution in [0.5, 0.6) is 0 Å². The van der Waals surface area contributed by atoms with Crippen LogP contribution in [0.4, 0.5) is 0 Å². The van der Waals surface area contributed by atoms with Gasteiger partial charge in [0, 0.05) is 37.3 Å². The number of amides is 1. The number of benzene rings is 1. The molecule has 4 heteroatoms. The molecule has 3 rings (SSSR count). The lowest BCUT2D eigenvalue weighted by molar-refractivity contribution is -0.130. The minimum atomic E-state index is 0.198. The Labute approximate surface area is 130 Å². The van der Waals surface area contributed by atoms with E-state index in [1.165, 1.54) is 15.6 Å². The summed E-state index contributed by atoms with van der Waals surface area (Å²) in [5.74, 6) is 0.705. The van der Waals surface area contributed by atoms with Crippen molar-refractivity contribution < 1.29 is 4.79 Å². The lowest BCUT2D eigenvalue weighted by Crippen LogP contribution is -2.49. The summed E-state index contributed by atoms with van der Waals surface area (Å²) in [6, 6.07) is 9.07. The van der Waals surface area contributed by atoms with E-state index < -0.39 is 0 Å². The summed E-state index contributed by atoms with van der Waals surface area (Å²) in [6.07, 6.45) is 1.04.